The number of aliphatic hydroxyl groups excluding tert-OH is 1. The Morgan fingerprint density at radius 3 is 2.61 bits per heavy atom. The van der Waals surface area contributed by atoms with E-state index in [0.717, 1.165) is 12.1 Å². The van der Waals surface area contributed by atoms with Crippen LogP contribution >= 0.6 is 0 Å². The van der Waals surface area contributed by atoms with Crippen LogP contribution in [0.5, 0.6) is 0 Å². The van der Waals surface area contributed by atoms with Crippen molar-refractivity contribution in [1.29, 1.82) is 0 Å². The number of nitrogens with one attached hydrogen (secondary N) is 1. The summed E-state index contributed by atoms with van der Waals surface area (Å²) >= 11 is 0. The molecular formula is C12H16F2N2O2. The van der Waals surface area contributed by atoms with Crippen LogP contribution < -0.4 is 11.1 Å². The third-order valence-corrected chi connectivity index (χ3v) is 2.67. The highest BCUT2D eigenvalue weighted by atomic mass is 19.1. The molecule has 1 unspecified atom stereocenters. The van der Waals surface area contributed by atoms with Gasteiger partial charge in [0.05, 0.1) is 11.6 Å². The number of aliphatic hydroxyl groups is 1. The van der Waals surface area contributed by atoms with E-state index in [1.54, 1.807) is 13.8 Å². The monoisotopic (exact) mass is 258 g/mol. The molecule has 0 aliphatic carbocycles. The molecule has 1 atom stereocenters. The van der Waals surface area contributed by atoms with Gasteiger partial charge in [-0.25, -0.2) is 8.78 Å². The molecule has 18 heavy (non-hydrogen) atoms. The Kier molecular flexibility index (Phi) is 4.37. The maximum atomic E-state index is 13.4. The van der Waals surface area contributed by atoms with Crippen molar-refractivity contribution in [3.05, 3.63) is 35.4 Å². The standard InChI is InChI=1S/C12H16F2N2O2/c1-12(2,11(15)18)16-6-10(17)8-4-3-7(13)5-9(8)14/h3-5,10,16-17H,6H2,1-2H3,(H2,15,18). The molecule has 1 amide bonds. The van der Waals surface area contributed by atoms with E-state index in [1.807, 2.05) is 0 Å². The van der Waals surface area contributed by atoms with Gasteiger partial charge in [-0.05, 0) is 19.9 Å². The minimum atomic E-state index is -1.19. The largest absolute Gasteiger partial charge is 0.387 e. The number of hydrogen-bond acceptors (Lipinski definition) is 3. The number of halogens is 2. The van der Waals surface area contributed by atoms with E-state index in [0.29, 0.717) is 6.07 Å². The number of carbonyl (C=O) groups excluding carboxylic acids is 1. The van der Waals surface area contributed by atoms with Crippen LogP contribution in [0.3, 0.4) is 0 Å². The molecular weight excluding hydrogens is 242 g/mol. The van der Waals surface area contributed by atoms with E-state index in [2.05, 4.69) is 5.32 Å². The minimum absolute atomic E-state index is 0.0378. The molecule has 4 N–H and O–H groups in total. The van der Waals surface area contributed by atoms with E-state index in [9.17, 15) is 18.7 Å². The summed E-state index contributed by atoms with van der Waals surface area (Å²) in [6, 6.07) is 2.91. The molecule has 0 aromatic heterocycles. The second kappa shape index (κ2) is 5.41. The van der Waals surface area contributed by atoms with Crippen LogP contribution in [-0.4, -0.2) is 23.1 Å². The molecule has 0 bridgehead atoms. The van der Waals surface area contributed by atoms with Crippen LogP contribution in [0.1, 0.15) is 25.5 Å². The van der Waals surface area contributed by atoms with Crippen molar-refractivity contribution >= 4 is 5.91 Å². The Morgan fingerprint density at radius 1 is 1.50 bits per heavy atom. The number of β-amino-alcohol motifs (C(OH)–C–C–N with tert-alkyl or cyclic N) is 1. The lowest BCUT2D eigenvalue weighted by Gasteiger charge is -2.24. The van der Waals surface area contributed by atoms with Crippen molar-refractivity contribution in [1.82, 2.24) is 5.32 Å². The fourth-order valence-corrected chi connectivity index (χ4v) is 1.32. The summed E-state index contributed by atoms with van der Waals surface area (Å²) in [6.45, 7) is 3.02. The summed E-state index contributed by atoms with van der Waals surface area (Å²) in [5, 5.41) is 12.5. The van der Waals surface area contributed by atoms with Gasteiger partial charge in [-0.2, -0.15) is 0 Å². The summed E-state index contributed by atoms with van der Waals surface area (Å²) in [7, 11) is 0. The molecule has 0 radical (unpaired) electrons. The predicted molar refractivity (Wildman–Crippen MR) is 62.6 cm³/mol. The smallest absolute Gasteiger partial charge is 0.237 e. The van der Waals surface area contributed by atoms with Crippen LogP contribution in [0, 0.1) is 11.6 Å². The van der Waals surface area contributed by atoms with Gasteiger partial charge in [-0.15, -0.1) is 0 Å². The van der Waals surface area contributed by atoms with Gasteiger partial charge in [0.25, 0.3) is 0 Å². The van der Waals surface area contributed by atoms with Crippen molar-refractivity contribution in [2.75, 3.05) is 6.54 Å². The number of carbonyl (C=O) groups is 1. The molecule has 0 spiro atoms. The SMILES string of the molecule is CC(C)(NCC(O)c1ccc(F)cc1F)C(N)=O. The second-order valence-corrected chi connectivity index (χ2v) is 4.55. The molecule has 0 saturated carbocycles. The van der Waals surface area contributed by atoms with Gasteiger partial charge in [0.2, 0.25) is 5.91 Å². The minimum Gasteiger partial charge on any atom is -0.387 e. The van der Waals surface area contributed by atoms with Crippen LogP contribution in [0.25, 0.3) is 0 Å². The Balaban J connectivity index is 2.71. The van der Waals surface area contributed by atoms with Crippen LogP contribution in [0.2, 0.25) is 0 Å². The number of nitrogens with two attached hydrogens (primary N) is 1. The quantitative estimate of drug-likeness (QED) is 0.733. The number of benzene rings is 1. The third-order valence-electron chi connectivity index (χ3n) is 2.67. The van der Waals surface area contributed by atoms with Crippen molar-refractivity contribution in [3.8, 4) is 0 Å². The molecule has 0 heterocycles. The first kappa shape index (κ1) is 14.5. The van der Waals surface area contributed by atoms with Crippen LogP contribution in [0.15, 0.2) is 18.2 Å². The molecule has 0 saturated heterocycles. The summed E-state index contributed by atoms with van der Waals surface area (Å²) in [6.07, 6.45) is -1.19. The zero-order valence-electron chi connectivity index (χ0n) is 10.2. The number of primary amides is 1. The third kappa shape index (κ3) is 3.48. The number of hydrogen-bond donors (Lipinski definition) is 3. The van der Waals surface area contributed by atoms with E-state index in [4.69, 9.17) is 5.73 Å². The Morgan fingerprint density at radius 2 is 2.11 bits per heavy atom. The summed E-state index contributed by atoms with van der Waals surface area (Å²) < 4.78 is 26.1. The fraction of sp³-hybridized carbons (Fsp3) is 0.417. The van der Waals surface area contributed by atoms with E-state index in [1.165, 1.54) is 0 Å². The lowest BCUT2D eigenvalue weighted by Crippen LogP contribution is -2.51. The molecule has 0 aliphatic rings. The van der Waals surface area contributed by atoms with Gasteiger partial charge in [-0.1, -0.05) is 6.07 Å². The van der Waals surface area contributed by atoms with Gasteiger partial charge in [0.15, 0.2) is 0 Å². The van der Waals surface area contributed by atoms with Crippen molar-refractivity contribution in [2.24, 2.45) is 5.73 Å². The van der Waals surface area contributed by atoms with Crippen LogP contribution in [0.4, 0.5) is 8.78 Å². The van der Waals surface area contributed by atoms with Gasteiger partial charge in [-0.3, -0.25) is 4.79 Å². The fourth-order valence-electron chi connectivity index (χ4n) is 1.32. The Bertz CT molecular complexity index is 450. The molecule has 0 fully saturated rings. The van der Waals surface area contributed by atoms with Crippen molar-refractivity contribution < 1.29 is 18.7 Å². The first-order valence-corrected chi connectivity index (χ1v) is 5.42. The second-order valence-electron chi connectivity index (χ2n) is 4.55. The molecule has 1 aromatic rings. The summed E-state index contributed by atoms with van der Waals surface area (Å²) in [4.78, 5) is 11.0. The normalized spacial score (nSPS) is 13.4. The molecule has 0 aliphatic heterocycles. The average Bonchev–Trinajstić information content (AvgIpc) is 2.25. The average molecular weight is 258 g/mol. The Labute approximate surface area is 104 Å². The zero-order valence-corrected chi connectivity index (χ0v) is 10.2. The van der Waals surface area contributed by atoms with Gasteiger partial charge < -0.3 is 16.2 Å². The van der Waals surface area contributed by atoms with Gasteiger partial charge in [0, 0.05) is 18.2 Å². The maximum absolute atomic E-state index is 13.4. The first-order valence-electron chi connectivity index (χ1n) is 5.42. The Hall–Kier alpha value is -1.53. The van der Waals surface area contributed by atoms with Crippen molar-refractivity contribution in [3.63, 3.8) is 0 Å². The van der Waals surface area contributed by atoms with E-state index >= 15 is 0 Å². The highest BCUT2D eigenvalue weighted by Gasteiger charge is 2.25. The lowest BCUT2D eigenvalue weighted by molar-refractivity contribution is -0.123. The van der Waals surface area contributed by atoms with Gasteiger partial charge in [0.1, 0.15) is 11.6 Å². The highest BCUT2D eigenvalue weighted by molar-refractivity contribution is 5.83. The first-order chi connectivity index (χ1) is 8.24. The van der Waals surface area contributed by atoms with Crippen molar-refractivity contribution in [2.45, 2.75) is 25.5 Å². The molecule has 6 heteroatoms. The maximum Gasteiger partial charge on any atom is 0.237 e. The van der Waals surface area contributed by atoms with Gasteiger partial charge >= 0.3 is 0 Å². The molecule has 1 aromatic carbocycles. The number of amides is 1. The molecule has 1 rings (SSSR count). The zero-order chi connectivity index (χ0) is 13.9. The summed E-state index contributed by atoms with van der Waals surface area (Å²) in [5.41, 5.74) is 4.08. The lowest BCUT2D eigenvalue weighted by atomic mass is 10.0. The van der Waals surface area contributed by atoms with Crippen LogP contribution in [-0.2, 0) is 4.79 Å². The summed E-state index contributed by atoms with van der Waals surface area (Å²) in [5.74, 6) is -2.13. The topological polar surface area (TPSA) is 75.3 Å². The predicted octanol–water partition coefficient (Wildman–Crippen LogP) is 0.852. The highest BCUT2D eigenvalue weighted by Crippen LogP contribution is 2.18. The molecule has 100 valence electrons. The van der Waals surface area contributed by atoms with E-state index in [-0.39, 0.29) is 12.1 Å². The molecule has 4 nitrogen and oxygen atoms in total. The van der Waals surface area contributed by atoms with E-state index < -0.39 is 29.2 Å². The number of rotatable bonds is 5.